The predicted molar refractivity (Wildman–Crippen MR) is 90.2 cm³/mol. The summed E-state index contributed by atoms with van der Waals surface area (Å²) in [6, 6.07) is 15.0. The van der Waals surface area contributed by atoms with Gasteiger partial charge >= 0.3 is 0 Å². The summed E-state index contributed by atoms with van der Waals surface area (Å²) in [6.45, 7) is 0.553. The fourth-order valence-electron chi connectivity index (χ4n) is 2.40. The average molecular weight is 327 g/mol. The Labute approximate surface area is 139 Å². The lowest BCUT2D eigenvalue weighted by molar-refractivity contribution is 0.112. The van der Waals surface area contributed by atoms with Crippen LogP contribution in [0, 0.1) is 0 Å². The van der Waals surface area contributed by atoms with Crippen LogP contribution in [0.15, 0.2) is 54.7 Å². The highest BCUT2D eigenvalue weighted by Gasteiger charge is 2.11. The second-order valence-corrected chi connectivity index (χ2v) is 5.54. The monoisotopic (exact) mass is 326 g/mol. The summed E-state index contributed by atoms with van der Waals surface area (Å²) in [6.07, 6.45) is 2.56. The number of carbonyl (C=O) groups is 1. The Balaban J connectivity index is 1.92. The number of hydrogen-bond donors (Lipinski definition) is 0. The van der Waals surface area contributed by atoms with Crippen molar-refractivity contribution in [2.24, 2.45) is 0 Å². The first kappa shape index (κ1) is 15.3. The second-order valence-electron chi connectivity index (χ2n) is 5.11. The van der Waals surface area contributed by atoms with Crippen molar-refractivity contribution in [3.8, 4) is 17.0 Å². The highest BCUT2D eigenvalue weighted by atomic mass is 35.5. The number of aldehydes is 1. The second kappa shape index (κ2) is 6.67. The third-order valence-electron chi connectivity index (χ3n) is 3.51. The maximum absolute atomic E-state index is 11.3. The van der Waals surface area contributed by atoms with Gasteiger partial charge in [0.25, 0.3) is 0 Å². The van der Waals surface area contributed by atoms with E-state index >= 15 is 0 Å². The molecule has 23 heavy (non-hydrogen) atoms. The third-order valence-corrected chi connectivity index (χ3v) is 3.75. The number of hydrogen-bond acceptors (Lipinski definition) is 3. The molecule has 4 nitrogen and oxygen atoms in total. The Kier molecular flexibility index (Phi) is 4.44. The molecule has 116 valence electrons. The van der Waals surface area contributed by atoms with Crippen LogP contribution in [-0.2, 0) is 6.54 Å². The van der Waals surface area contributed by atoms with Crippen molar-refractivity contribution in [2.45, 2.75) is 6.54 Å². The maximum atomic E-state index is 11.3. The van der Waals surface area contributed by atoms with Crippen LogP contribution < -0.4 is 4.74 Å². The molecule has 2 aromatic carbocycles. The van der Waals surface area contributed by atoms with Crippen LogP contribution in [0.25, 0.3) is 11.3 Å². The predicted octanol–water partition coefficient (Wildman–Crippen LogP) is 4.07. The largest absolute Gasteiger partial charge is 0.497 e. The van der Waals surface area contributed by atoms with E-state index in [1.807, 2.05) is 48.5 Å². The van der Waals surface area contributed by atoms with E-state index in [0.29, 0.717) is 22.8 Å². The topological polar surface area (TPSA) is 44.1 Å². The van der Waals surface area contributed by atoms with E-state index in [-0.39, 0.29) is 0 Å². The van der Waals surface area contributed by atoms with Gasteiger partial charge in [0.1, 0.15) is 11.4 Å². The molecule has 0 bridgehead atoms. The summed E-state index contributed by atoms with van der Waals surface area (Å²) in [5.41, 5.74) is 3.11. The van der Waals surface area contributed by atoms with Gasteiger partial charge in [-0.1, -0.05) is 23.7 Å². The zero-order valence-electron chi connectivity index (χ0n) is 12.6. The number of carbonyl (C=O) groups excluding carboxylic acids is 1. The first-order valence-corrected chi connectivity index (χ1v) is 7.49. The molecule has 0 radical (unpaired) electrons. The minimum Gasteiger partial charge on any atom is -0.497 e. The van der Waals surface area contributed by atoms with Crippen molar-refractivity contribution in [1.82, 2.24) is 9.78 Å². The molecule has 3 aromatic rings. The summed E-state index contributed by atoms with van der Waals surface area (Å²) in [5.74, 6) is 0.764. The van der Waals surface area contributed by atoms with E-state index in [4.69, 9.17) is 16.3 Å². The average Bonchev–Trinajstić information content (AvgIpc) is 2.98. The fraction of sp³-hybridized carbons (Fsp3) is 0.111. The molecule has 0 aliphatic rings. The first-order valence-electron chi connectivity index (χ1n) is 7.11. The molecule has 0 unspecified atom stereocenters. The molecule has 0 saturated heterocycles. The molecule has 3 rings (SSSR count). The van der Waals surface area contributed by atoms with Crippen LogP contribution in [0.1, 0.15) is 15.9 Å². The molecule has 1 heterocycles. The van der Waals surface area contributed by atoms with Crippen molar-refractivity contribution < 1.29 is 9.53 Å². The van der Waals surface area contributed by atoms with E-state index in [2.05, 4.69) is 5.10 Å². The van der Waals surface area contributed by atoms with E-state index in [1.165, 1.54) is 0 Å². The zero-order chi connectivity index (χ0) is 16.2. The molecular weight excluding hydrogens is 312 g/mol. The quantitative estimate of drug-likeness (QED) is 0.664. The molecule has 5 heteroatoms. The SMILES string of the molecule is COc1ccc(-c2nn(Cc3cccc(Cl)c3)cc2C=O)cc1. The van der Waals surface area contributed by atoms with Crippen LogP contribution in [0.5, 0.6) is 5.75 Å². The standard InChI is InChI=1S/C18H15ClN2O2/c1-23-17-7-5-14(6-8-17)18-15(12-22)11-21(20-18)10-13-3-2-4-16(19)9-13/h2-9,11-12H,10H2,1H3. The van der Waals surface area contributed by atoms with Crippen molar-refractivity contribution in [1.29, 1.82) is 0 Å². The first-order chi connectivity index (χ1) is 11.2. The van der Waals surface area contributed by atoms with Crippen molar-refractivity contribution >= 4 is 17.9 Å². The lowest BCUT2D eigenvalue weighted by Gasteiger charge is -2.03. The van der Waals surface area contributed by atoms with Gasteiger partial charge in [0.05, 0.1) is 19.2 Å². The summed E-state index contributed by atoms with van der Waals surface area (Å²) in [7, 11) is 1.62. The van der Waals surface area contributed by atoms with Crippen LogP contribution in [0.4, 0.5) is 0 Å². The van der Waals surface area contributed by atoms with Crippen LogP contribution in [0.3, 0.4) is 0 Å². The van der Waals surface area contributed by atoms with Gasteiger partial charge in [-0.25, -0.2) is 0 Å². The molecule has 0 N–H and O–H groups in total. The van der Waals surface area contributed by atoms with Gasteiger partial charge in [0.2, 0.25) is 0 Å². The van der Waals surface area contributed by atoms with Gasteiger partial charge in [-0.3, -0.25) is 9.48 Å². The van der Waals surface area contributed by atoms with E-state index in [0.717, 1.165) is 23.2 Å². The number of ether oxygens (including phenoxy) is 1. The number of halogens is 1. The molecule has 1 aromatic heterocycles. The fourth-order valence-corrected chi connectivity index (χ4v) is 2.61. The van der Waals surface area contributed by atoms with Crippen molar-refractivity contribution in [3.05, 3.63) is 70.9 Å². The Morgan fingerprint density at radius 2 is 2.00 bits per heavy atom. The van der Waals surface area contributed by atoms with Gasteiger partial charge < -0.3 is 4.74 Å². The summed E-state index contributed by atoms with van der Waals surface area (Å²) in [4.78, 5) is 11.3. The van der Waals surface area contributed by atoms with E-state index in [1.54, 1.807) is 18.0 Å². The molecular formula is C18H15ClN2O2. The smallest absolute Gasteiger partial charge is 0.153 e. The third kappa shape index (κ3) is 3.43. The number of nitrogens with zero attached hydrogens (tertiary/aromatic N) is 2. The number of benzene rings is 2. The Morgan fingerprint density at radius 1 is 1.22 bits per heavy atom. The molecule has 0 aliphatic carbocycles. The van der Waals surface area contributed by atoms with Gasteiger partial charge in [-0.15, -0.1) is 0 Å². The molecule has 0 spiro atoms. The van der Waals surface area contributed by atoms with Crippen LogP contribution >= 0.6 is 11.6 Å². The lowest BCUT2D eigenvalue weighted by Crippen LogP contribution is -2.00. The number of methoxy groups -OCH3 is 1. The number of rotatable bonds is 5. The van der Waals surface area contributed by atoms with Gasteiger partial charge in [-0.2, -0.15) is 5.10 Å². The Bertz CT molecular complexity index is 825. The van der Waals surface area contributed by atoms with Gasteiger partial charge in [-0.05, 0) is 42.0 Å². The van der Waals surface area contributed by atoms with Crippen LogP contribution in [-0.4, -0.2) is 23.2 Å². The van der Waals surface area contributed by atoms with E-state index in [9.17, 15) is 4.79 Å². The summed E-state index contributed by atoms with van der Waals surface area (Å²) in [5, 5.41) is 5.21. The molecule has 0 amide bonds. The maximum Gasteiger partial charge on any atom is 0.153 e. The van der Waals surface area contributed by atoms with Gasteiger partial charge in [0, 0.05) is 16.8 Å². The molecule has 0 atom stereocenters. The normalized spacial score (nSPS) is 10.5. The molecule has 0 fully saturated rings. The lowest BCUT2D eigenvalue weighted by atomic mass is 10.1. The van der Waals surface area contributed by atoms with Gasteiger partial charge in [0.15, 0.2) is 6.29 Å². The minimum atomic E-state index is 0.553. The number of aromatic nitrogens is 2. The summed E-state index contributed by atoms with van der Waals surface area (Å²) >= 11 is 6.00. The van der Waals surface area contributed by atoms with E-state index < -0.39 is 0 Å². The Hall–Kier alpha value is -2.59. The van der Waals surface area contributed by atoms with Crippen molar-refractivity contribution in [2.75, 3.05) is 7.11 Å². The minimum absolute atomic E-state index is 0.553. The highest BCUT2D eigenvalue weighted by molar-refractivity contribution is 6.30. The molecule has 0 saturated carbocycles. The highest BCUT2D eigenvalue weighted by Crippen LogP contribution is 2.24. The Morgan fingerprint density at radius 3 is 2.65 bits per heavy atom. The summed E-state index contributed by atoms with van der Waals surface area (Å²) < 4.78 is 6.89. The van der Waals surface area contributed by atoms with Crippen molar-refractivity contribution in [3.63, 3.8) is 0 Å². The molecule has 0 aliphatic heterocycles. The zero-order valence-corrected chi connectivity index (χ0v) is 13.3. The van der Waals surface area contributed by atoms with Crippen LogP contribution in [0.2, 0.25) is 5.02 Å².